The van der Waals surface area contributed by atoms with E-state index in [1.54, 1.807) is 30.4 Å². The lowest BCUT2D eigenvalue weighted by Crippen LogP contribution is -2.23. The van der Waals surface area contributed by atoms with Gasteiger partial charge in [-0.15, -0.1) is 0 Å². The highest BCUT2D eigenvalue weighted by molar-refractivity contribution is 7.89. The van der Waals surface area contributed by atoms with Crippen LogP contribution in [-0.4, -0.2) is 46.4 Å². The highest BCUT2D eigenvalue weighted by Crippen LogP contribution is 2.28. The number of hydrogen-bond donors (Lipinski definition) is 1. The molecule has 2 rings (SSSR count). The van der Waals surface area contributed by atoms with Crippen LogP contribution in [0.3, 0.4) is 0 Å². The Labute approximate surface area is 171 Å². The maximum atomic E-state index is 12.5. The third kappa shape index (κ3) is 5.94. The summed E-state index contributed by atoms with van der Waals surface area (Å²) in [6, 6.07) is 11.7. The molecule has 1 amide bonds. The average molecular weight is 416 g/mol. The van der Waals surface area contributed by atoms with Crippen molar-refractivity contribution < 1.29 is 22.7 Å². The Morgan fingerprint density at radius 2 is 1.86 bits per heavy atom. The van der Waals surface area contributed by atoms with Crippen LogP contribution < -0.4 is 14.8 Å². The maximum Gasteiger partial charge on any atom is 0.248 e. The topological polar surface area (TPSA) is 84.9 Å². The number of nitrogens with one attached hydrogen (secondary N) is 1. The third-order valence-corrected chi connectivity index (χ3v) is 5.70. The van der Waals surface area contributed by atoms with Crippen LogP contribution in [0.2, 0.25) is 0 Å². The Hall–Kier alpha value is -3.10. The van der Waals surface area contributed by atoms with Crippen molar-refractivity contribution in [3.05, 3.63) is 66.8 Å². The summed E-state index contributed by atoms with van der Waals surface area (Å²) in [5.41, 5.74) is 1.16. The zero-order valence-corrected chi connectivity index (χ0v) is 17.4. The second-order valence-corrected chi connectivity index (χ2v) is 8.26. The third-order valence-electron chi connectivity index (χ3n) is 3.86. The molecule has 154 valence electrons. The zero-order chi connectivity index (χ0) is 21.4. The Morgan fingerprint density at radius 1 is 1.17 bits per heavy atom. The van der Waals surface area contributed by atoms with Gasteiger partial charge < -0.3 is 14.8 Å². The number of sulfonamides is 1. The standard InChI is InChI=1S/C21H24N2O5S/c1-5-14-28-18-10-6-16(7-11-18)8-13-21(24)22-17-9-12-19(27-4)20(15-17)29(25,26)23(2)3/h5-13,15H,1,14H2,2-4H3,(H,22,24)/b13-8+. The first-order chi connectivity index (χ1) is 13.8. The lowest BCUT2D eigenvalue weighted by atomic mass is 10.2. The fourth-order valence-corrected chi connectivity index (χ4v) is 3.41. The summed E-state index contributed by atoms with van der Waals surface area (Å²) in [5.74, 6) is 0.515. The molecule has 0 aromatic heterocycles. The molecule has 0 radical (unpaired) electrons. The van der Waals surface area contributed by atoms with E-state index in [0.29, 0.717) is 18.0 Å². The van der Waals surface area contributed by atoms with Gasteiger partial charge in [-0.1, -0.05) is 24.8 Å². The molecule has 0 aliphatic heterocycles. The van der Waals surface area contributed by atoms with Gasteiger partial charge in [0.05, 0.1) is 7.11 Å². The van der Waals surface area contributed by atoms with Crippen LogP contribution in [0.5, 0.6) is 11.5 Å². The summed E-state index contributed by atoms with van der Waals surface area (Å²) < 4.78 is 36.5. The molecule has 29 heavy (non-hydrogen) atoms. The molecule has 8 heteroatoms. The molecule has 0 saturated carbocycles. The largest absolute Gasteiger partial charge is 0.495 e. The Bertz CT molecular complexity index is 996. The molecule has 0 aliphatic rings. The Kier molecular flexibility index (Phi) is 7.58. The smallest absolute Gasteiger partial charge is 0.248 e. The first kappa shape index (κ1) is 22.2. The van der Waals surface area contributed by atoms with Crippen molar-refractivity contribution in [3.8, 4) is 11.5 Å². The normalized spacial score (nSPS) is 11.4. The van der Waals surface area contributed by atoms with E-state index in [0.717, 1.165) is 9.87 Å². The quantitative estimate of drug-likeness (QED) is 0.501. The minimum Gasteiger partial charge on any atom is -0.495 e. The zero-order valence-electron chi connectivity index (χ0n) is 16.6. The van der Waals surface area contributed by atoms with Gasteiger partial charge in [-0.3, -0.25) is 4.79 Å². The number of carbonyl (C=O) groups excluding carboxylic acids is 1. The summed E-state index contributed by atoms with van der Waals surface area (Å²) in [6.07, 6.45) is 4.67. The van der Waals surface area contributed by atoms with Crippen molar-refractivity contribution in [1.29, 1.82) is 0 Å². The van der Waals surface area contributed by atoms with Gasteiger partial charge in [-0.25, -0.2) is 12.7 Å². The highest BCUT2D eigenvalue weighted by Gasteiger charge is 2.22. The molecule has 0 atom stereocenters. The maximum absolute atomic E-state index is 12.5. The molecule has 0 aliphatic carbocycles. The van der Waals surface area contributed by atoms with Crippen LogP contribution >= 0.6 is 0 Å². The summed E-state index contributed by atoms with van der Waals surface area (Å²) >= 11 is 0. The number of ether oxygens (including phenoxy) is 2. The summed E-state index contributed by atoms with van der Waals surface area (Å²) in [6.45, 7) is 4.01. The highest BCUT2D eigenvalue weighted by atomic mass is 32.2. The molecular formula is C21H24N2O5S. The van der Waals surface area contributed by atoms with Gasteiger partial charge in [-0.2, -0.15) is 0 Å². The monoisotopic (exact) mass is 416 g/mol. The molecule has 0 saturated heterocycles. The van der Waals surface area contributed by atoms with E-state index in [4.69, 9.17) is 9.47 Å². The van der Waals surface area contributed by atoms with E-state index >= 15 is 0 Å². The summed E-state index contributed by atoms with van der Waals surface area (Å²) in [7, 11) is 0.519. The molecule has 2 aromatic carbocycles. The van der Waals surface area contributed by atoms with Crippen molar-refractivity contribution in [1.82, 2.24) is 4.31 Å². The predicted octanol–water partition coefficient (Wildman–Crippen LogP) is 3.16. The first-order valence-corrected chi connectivity index (χ1v) is 10.2. The SMILES string of the molecule is C=CCOc1ccc(/C=C/C(=O)Nc2ccc(OC)c(S(=O)(=O)N(C)C)c2)cc1. The van der Waals surface area contributed by atoms with Crippen molar-refractivity contribution in [3.63, 3.8) is 0 Å². The lowest BCUT2D eigenvalue weighted by molar-refractivity contribution is -0.111. The van der Waals surface area contributed by atoms with Crippen molar-refractivity contribution >= 4 is 27.7 Å². The second kappa shape index (κ2) is 9.90. The molecule has 0 unspecified atom stereocenters. The summed E-state index contributed by atoms with van der Waals surface area (Å²) in [5, 5.41) is 2.65. The number of nitrogens with zero attached hydrogens (tertiary/aromatic N) is 1. The second-order valence-electron chi connectivity index (χ2n) is 6.14. The minimum absolute atomic E-state index is 0.0260. The van der Waals surface area contributed by atoms with E-state index in [1.807, 2.05) is 12.1 Å². The van der Waals surface area contributed by atoms with E-state index in [2.05, 4.69) is 11.9 Å². The number of amides is 1. The van der Waals surface area contributed by atoms with Crippen molar-refractivity contribution in [2.75, 3.05) is 33.1 Å². The van der Waals surface area contributed by atoms with Crippen LogP contribution in [0.1, 0.15) is 5.56 Å². The minimum atomic E-state index is -3.72. The van der Waals surface area contributed by atoms with Crippen LogP contribution in [-0.2, 0) is 14.8 Å². The summed E-state index contributed by atoms with van der Waals surface area (Å²) in [4.78, 5) is 12.2. The molecule has 0 fully saturated rings. The van der Waals surface area contributed by atoms with Gasteiger partial charge in [-0.05, 0) is 42.0 Å². The van der Waals surface area contributed by atoms with Crippen LogP contribution in [0, 0.1) is 0 Å². The van der Waals surface area contributed by atoms with E-state index in [1.165, 1.54) is 39.4 Å². The van der Waals surface area contributed by atoms with Gasteiger partial charge in [0.2, 0.25) is 15.9 Å². The predicted molar refractivity (Wildman–Crippen MR) is 114 cm³/mol. The van der Waals surface area contributed by atoms with Crippen molar-refractivity contribution in [2.45, 2.75) is 4.90 Å². The van der Waals surface area contributed by atoms with Crippen LogP contribution in [0.4, 0.5) is 5.69 Å². The van der Waals surface area contributed by atoms with Crippen molar-refractivity contribution in [2.24, 2.45) is 0 Å². The van der Waals surface area contributed by atoms with Crippen LogP contribution in [0.15, 0.2) is 66.1 Å². The molecule has 0 bridgehead atoms. The fraction of sp³-hybridized carbons (Fsp3) is 0.190. The Morgan fingerprint density at radius 3 is 2.45 bits per heavy atom. The number of anilines is 1. The molecule has 0 spiro atoms. The number of hydrogen-bond acceptors (Lipinski definition) is 5. The lowest BCUT2D eigenvalue weighted by Gasteiger charge is -2.15. The number of benzene rings is 2. The van der Waals surface area contributed by atoms with E-state index in [-0.39, 0.29) is 10.6 Å². The van der Waals surface area contributed by atoms with Gasteiger partial charge in [0, 0.05) is 25.9 Å². The fourth-order valence-electron chi connectivity index (χ4n) is 2.34. The molecular weight excluding hydrogens is 392 g/mol. The molecule has 1 N–H and O–H groups in total. The van der Waals surface area contributed by atoms with E-state index in [9.17, 15) is 13.2 Å². The van der Waals surface area contributed by atoms with Crippen LogP contribution in [0.25, 0.3) is 6.08 Å². The first-order valence-electron chi connectivity index (χ1n) is 8.71. The number of carbonyl (C=O) groups is 1. The average Bonchev–Trinajstić information content (AvgIpc) is 2.71. The molecule has 7 nitrogen and oxygen atoms in total. The number of methoxy groups -OCH3 is 1. The van der Waals surface area contributed by atoms with E-state index < -0.39 is 15.9 Å². The number of rotatable bonds is 9. The van der Waals surface area contributed by atoms with Gasteiger partial charge >= 0.3 is 0 Å². The molecule has 0 heterocycles. The van der Waals surface area contributed by atoms with Gasteiger partial charge in [0.15, 0.2) is 0 Å². The van der Waals surface area contributed by atoms with Gasteiger partial charge in [0.25, 0.3) is 0 Å². The molecule has 2 aromatic rings. The Balaban J connectivity index is 2.12. The van der Waals surface area contributed by atoms with Gasteiger partial charge in [0.1, 0.15) is 23.0 Å².